The second kappa shape index (κ2) is 9.10. The van der Waals surface area contributed by atoms with Gasteiger partial charge < -0.3 is 15.2 Å². The molecule has 1 aliphatic heterocycles. The third kappa shape index (κ3) is 4.73. The van der Waals surface area contributed by atoms with Gasteiger partial charge in [0.15, 0.2) is 0 Å². The summed E-state index contributed by atoms with van der Waals surface area (Å²) in [5.74, 6) is 0.0919. The van der Waals surface area contributed by atoms with Crippen LogP contribution in [-0.4, -0.2) is 37.8 Å². The fourth-order valence-corrected chi connectivity index (χ4v) is 3.45. The molecule has 0 aromatic heterocycles. The molecule has 1 aliphatic rings. The first-order chi connectivity index (χ1) is 13.1. The summed E-state index contributed by atoms with van der Waals surface area (Å²) in [4.78, 5) is 12.8. The van der Waals surface area contributed by atoms with Crippen molar-refractivity contribution < 1.29 is 14.6 Å². The van der Waals surface area contributed by atoms with Crippen LogP contribution in [0.4, 0.5) is 0 Å². The summed E-state index contributed by atoms with van der Waals surface area (Å²) in [6.45, 7) is 3.72. The maximum absolute atomic E-state index is 12.8. The minimum Gasteiger partial charge on any atom is -0.389 e. The van der Waals surface area contributed by atoms with Gasteiger partial charge in [-0.3, -0.25) is 15.6 Å². The molecule has 0 bridgehead atoms. The van der Waals surface area contributed by atoms with Gasteiger partial charge in [0.1, 0.15) is 0 Å². The number of aliphatic hydroxyl groups excluding tert-OH is 1. The number of hydrogen-bond donors (Lipinski definition) is 4. The molecule has 6 nitrogen and oxygen atoms in total. The van der Waals surface area contributed by atoms with E-state index in [1.807, 2.05) is 42.5 Å². The summed E-state index contributed by atoms with van der Waals surface area (Å²) in [5.41, 5.74) is 9.60. The van der Waals surface area contributed by atoms with Crippen molar-refractivity contribution in [2.45, 2.75) is 25.0 Å². The lowest BCUT2D eigenvalue weighted by molar-refractivity contribution is 0.0896. The summed E-state index contributed by atoms with van der Waals surface area (Å²) >= 11 is 0. The molecule has 1 amide bonds. The Balaban J connectivity index is 1.82. The fraction of sp³-hybridized carbons (Fsp3) is 0.381. The number of methoxy groups -OCH3 is 1. The van der Waals surface area contributed by atoms with Gasteiger partial charge in [0, 0.05) is 31.7 Å². The maximum Gasteiger partial charge on any atom is 0.251 e. The van der Waals surface area contributed by atoms with Crippen molar-refractivity contribution >= 4 is 5.91 Å². The molecule has 0 aliphatic carbocycles. The highest BCUT2D eigenvalue weighted by Gasteiger charge is 2.23. The number of hydrogen-bond acceptors (Lipinski definition) is 5. The molecule has 0 radical (unpaired) electrons. The Morgan fingerprint density at radius 3 is 2.56 bits per heavy atom. The number of rotatable bonds is 7. The Hall–Kier alpha value is -2.25. The quantitative estimate of drug-likeness (QED) is 0.601. The average molecular weight is 369 g/mol. The highest BCUT2D eigenvalue weighted by Crippen LogP contribution is 2.27. The zero-order valence-electron chi connectivity index (χ0n) is 15.7. The molecule has 2 aromatic carbocycles. The van der Waals surface area contributed by atoms with Crippen LogP contribution in [0.25, 0.3) is 0 Å². The summed E-state index contributed by atoms with van der Waals surface area (Å²) in [5, 5.41) is 13.3. The molecule has 2 atom stereocenters. The molecule has 4 N–H and O–H groups in total. The number of benzene rings is 2. The molecule has 3 rings (SSSR count). The van der Waals surface area contributed by atoms with Gasteiger partial charge in [-0.15, -0.1) is 0 Å². The van der Waals surface area contributed by atoms with Crippen molar-refractivity contribution in [3.63, 3.8) is 0 Å². The fourth-order valence-electron chi connectivity index (χ4n) is 3.45. The maximum atomic E-state index is 12.8. The first kappa shape index (κ1) is 19.5. The lowest BCUT2D eigenvalue weighted by Crippen LogP contribution is -2.31. The Labute approximate surface area is 159 Å². The van der Waals surface area contributed by atoms with Crippen LogP contribution in [0.1, 0.15) is 52.0 Å². The Bertz CT molecular complexity index is 759. The topological polar surface area (TPSA) is 82.6 Å². The van der Waals surface area contributed by atoms with Crippen LogP contribution in [0.5, 0.6) is 0 Å². The highest BCUT2D eigenvalue weighted by atomic mass is 16.5. The van der Waals surface area contributed by atoms with Crippen LogP contribution in [-0.2, 0) is 4.74 Å². The lowest BCUT2D eigenvalue weighted by Gasteiger charge is -2.20. The normalized spacial score (nSPS) is 16.9. The zero-order chi connectivity index (χ0) is 19.2. The molecule has 6 heteroatoms. The average Bonchev–Trinajstić information content (AvgIpc) is 3.22. The first-order valence-electron chi connectivity index (χ1n) is 9.22. The van der Waals surface area contributed by atoms with Gasteiger partial charge in [-0.2, -0.15) is 0 Å². The van der Waals surface area contributed by atoms with Crippen molar-refractivity contribution in [1.82, 2.24) is 16.2 Å². The van der Waals surface area contributed by atoms with Crippen molar-refractivity contribution in [1.29, 1.82) is 0 Å². The third-order valence-corrected chi connectivity index (χ3v) is 4.90. The predicted molar refractivity (Wildman–Crippen MR) is 104 cm³/mol. The highest BCUT2D eigenvalue weighted by molar-refractivity contribution is 5.94. The van der Waals surface area contributed by atoms with E-state index < -0.39 is 6.10 Å². The largest absolute Gasteiger partial charge is 0.389 e. The van der Waals surface area contributed by atoms with E-state index in [-0.39, 0.29) is 17.9 Å². The van der Waals surface area contributed by atoms with Gasteiger partial charge in [-0.05, 0) is 35.7 Å². The molecule has 1 heterocycles. The Kier molecular flexibility index (Phi) is 6.58. The summed E-state index contributed by atoms with van der Waals surface area (Å²) in [6, 6.07) is 15.1. The minimum atomic E-state index is -0.641. The number of aliphatic hydroxyl groups is 1. The summed E-state index contributed by atoms with van der Waals surface area (Å²) < 4.78 is 5.28. The molecule has 1 saturated heterocycles. The molecule has 27 heavy (non-hydrogen) atoms. The van der Waals surface area contributed by atoms with Crippen LogP contribution in [0.3, 0.4) is 0 Å². The van der Waals surface area contributed by atoms with E-state index in [1.165, 1.54) is 0 Å². The van der Waals surface area contributed by atoms with Crippen molar-refractivity contribution in [3.05, 3.63) is 70.8 Å². The number of nitrogens with one attached hydrogen (secondary N) is 3. The van der Waals surface area contributed by atoms with Crippen LogP contribution in [0.15, 0.2) is 48.5 Å². The Morgan fingerprint density at radius 1 is 1.22 bits per heavy atom. The molecule has 0 saturated carbocycles. The van der Waals surface area contributed by atoms with Crippen molar-refractivity contribution in [3.8, 4) is 0 Å². The van der Waals surface area contributed by atoms with E-state index in [9.17, 15) is 9.90 Å². The van der Waals surface area contributed by atoms with Crippen molar-refractivity contribution in [2.75, 3.05) is 26.8 Å². The van der Waals surface area contributed by atoms with Crippen molar-refractivity contribution in [2.24, 2.45) is 0 Å². The molecule has 0 spiro atoms. The van der Waals surface area contributed by atoms with Gasteiger partial charge >= 0.3 is 0 Å². The zero-order valence-corrected chi connectivity index (χ0v) is 15.7. The van der Waals surface area contributed by atoms with Crippen LogP contribution in [0.2, 0.25) is 0 Å². The monoisotopic (exact) mass is 369 g/mol. The molecule has 1 fully saturated rings. The van der Waals surface area contributed by atoms with Gasteiger partial charge in [0.25, 0.3) is 5.91 Å². The van der Waals surface area contributed by atoms with Gasteiger partial charge in [0.2, 0.25) is 0 Å². The standard InChI is InChI=1S/C21H27N3O3/c1-14(25)19-10-16(8-9-18(19)17-11-22-23-12-17)21(26)24-20(13-27-2)15-6-4-3-5-7-15/h3-10,14,17,20,22-23,25H,11-13H2,1-2H3,(H,24,26)/t14?,20-/m1/s1. The van der Waals surface area contributed by atoms with Gasteiger partial charge in [-0.1, -0.05) is 36.4 Å². The summed E-state index contributed by atoms with van der Waals surface area (Å²) in [7, 11) is 1.62. The molecule has 144 valence electrons. The number of carbonyl (C=O) groups excluding carboxylic acids is 1. The van der Waals surface area contributed by atoms with E-state index >= 15 is 0 Å². The second-order valence-corrected chi connectivity index (χ2v) is 6.87. The predicted octanol–water partition coefficient (Wildman–Crippen LogP) is 2.05. The Morgan fingerprint density at radius 2 is 1.93 bits per heavy atom. The van der Waals surface area contributed by atoms with Crippen LogP contribution in [0, 0.1) is 0 Å². The number of hydrazine groups is 1. The summed E-state index contributed by atoms with van der Waals surface area (Å²) in [6.07, 6.45) is -0.641. The number of carbonyl (C=O) groups is 1. The van der Waals surface area contributed by atoms with Gasteiger partial charge in [0.05, 0.1) is 18.8 Å². The molecule has 2 aromatic rings. The smallest absolute Gasteiger partial charge is 0.251 e. The second-order valence-electron chi connectivity index (χ2n) is 6.87. The number of amides is 1. The lowest BCUT2D eigenvalue weighted by atomic mass is 9.90. The van der Waals surface area contributed by atoms with E-state index in [0.717, 1.165) is 29.8 Å². The van der Waals surface area contributed by atoms with Gasteiger partial charge in [-0.25, -0.2) is 0 Å². The van der Waals surface area contributed by atoms with E-state index in [4.69, 9.17) is 4.74 Å². The first-order valence-corrected chi connectivity index (χ1v) is 9.22. The third-order valence-electron chi connectivity index (χ3n) is 4.90. The van der Waals surface area contributed by atoms with E-state index in [2.05, 4.69) is 16.2 Å². The minimum absolute atomic E-state index is 0.183. The number of ether oxygens (including phenoxy) is 1. The van der Waals surface area contributed by atoms with Crippen LogP contribution >= 0.6 is 0 Å². The molecular formula is C21H27N3O3. The molecule has 1 unspecified atom stereocenters. The SMILES string of the molecule is COC[C@@H](NC(=O)c1ccc(C2CNNC2)c(C(C)O)c1)c1ccccc1. The van der Waals surface area contributed by atoms with E-state index in [1.54, 1.807) is 20.1 Å². The van der Waals surface area contributed by atoms with Crippen LogP contribution < -0.4 is 16.2 Å². The van der Waals surface area contributed by atoms with E-state index in [0.29, 0.717) is 12.2 Å². The molecular weight excluding hydrogens is 342 g/mol.